The summed E-state index contributed by atoms with van der Waals surface area (Å²) < 4.78 is 2.13. The van der Waals surface area contributed by atoms with E-state index < -0.39 is 5.97 Å². The van der Waals surface area contributed by atoms with Gasteiger partial charge in [-0.15, -0.1) is 10.2 Å². The Balaban J connectivity index is 2.88. The van der Waals surface area contributed by atoms with Crippen LogP contribution in [0.15, 0.2) is 5.16 Å². The van der Waals surface area contributed by atoms with Crippen LogP contribution in [0.1, 0.15) is 65.1 Å². The Hall–Kier alpha value is -1.04. The predicted octanol–water partition coefficient (Wildman–Crippen LogP) is 3.79. The molecule has 0 saturated heterocycles. The van der Waals surface area contributed by atoms with E-state index in [0.717, 1.165) is 23.9 Å². The molecule has 1 heterocycles. The molecule has 5 nitrogen and oxygen atoms in total. The zero-order chi connectivity index (χ0) is 15.8. The first kappa shape index (κ1) is 18.0. The van der Waals surface area contributed by atoms with E-state index >= 15 is 0 Å². The molecule has 6 heteroatoms. The number of rotatable bonds is 10. The second kappa shape index (κ2) is 9.07. The molecule has 0 aliphatic carbocycles. The van der Waals surface area contributed by atoms with Gasteiger partial charge >= 0.3 is 5.97 Å². The molecule has 0 fully saturated rings. The lowest BCUT2D eigenvalue weighted by Crippen LogP contribution is -2.15. The van der Waals surface area contributed by atoms with Gasteiger partial charge in [-0.25, -0.2) is 0 Å². The minimum absolute atomic E-state index is 0.0297. The fourth-order valence-electron chi connectivity index (χ4n) is 2.31. The van der Waals surface area contributed by atoms with Crippen molar-refractivity contribution in [3.63, 3.8) is 0 Å². The average molecular weight is 313 g/mol. The largest absolute Gasteiger partial charge is 0.481 e. The van der Waals surface area contributed by atoms with Crippen LogP contribution in [-0.2, 0) is 11.3 Å². The van der Waals surface area contributed by atoms with Gasteiger partial charge in [0.2, 0.25) is 0 Å². The SMILES string of the molecule is CCCCC(CC)Cn1c(SCC(=O)O)nnc1C(C)C. The normalized spacial score (nSPS) is 12.8. The molecule has 0 aliphatic rings. The van der Waals surface area contributed by atoms with Gasteiger partial charge in [-0.3, -0.25) is 4.79 Å². The van der Waals surface area contributed by atoms with Crippen molar-refractivity contribution >= 4 is 17.7 Å². The molecule has 0 amide bonds. The van der Waals surface area contributed by atoms with Crippen LogP contribution in [0.4, 0.5) is 0 Å². The second-order valence-electron chi connectivity index (χ2n) is 5.70. The highest BCUT2D eigenvalue weighted by atomic mass is 32.2. The molecule has 1 aromatic heterocycles. The number of carboxylic acid groups (broad SMARTS) is 1. The predicted molar refractivity (Wildman–Crippen MR) is 85.8 cm³/mol. The first-order valence-corrected chi connectivity index (χ1v) is 8.75. The van der Waals surface area contributed by atoms with Crippen molar-refractivity contribution < 1.29 is 9.90 Å². The summed E-state index contributed by atoms with van der Waals surface area (Å²) in [6.45, 7) is 9.50. The summed E-state index contributed by atoms with van der Waals surface area (Å²) in [5.41, 5.74) is 0. The van der Waals surface area contributed by atoms with Crippen molar-refractivity contribution in [2.75, 3.05) is 5.75 Å². The number of hydrogen-bond donors (Lipinski definition) is 1. The van der Waals surface area contributed by atoms with Gasteiger partial charge < -0.3 is 9.67 Å². The highest BCUT2D eigenvalue weighted by molar-refractivity contribution is 7.99. The molecule has 0 bridgehead atoms. The van der Waals surface area contributed by atoms with Crippen LogP contribution in [0.2, 0.25) is 0 Å². The summed E-state index contributed by atoms with van der Waals surface area (Å²) in [7, 11) is 0. The van der Waals surface area contributed by atoms with Gasteiger partial charge in [-0.05, 0) is 12.3 Å². The van der Waals surface area contributed by atoms with Crippen molar-refractivity contribution in [2.45, 2.75) is 71.0 Å². The molecule has 1 aromatic rings. The molecular formula is C15H27N3O2S. The summed E-state index contributed by atoms with van der Waals surface area (Å²) in [5.74, 6) is 1.06. The third kappa shape index (κ3) is 5.69. The van der Waals surface area contributed by atoms with Gasteiger partial charge in [0.05, 0.1) is 5.75 Å². The third-order valence-electron chi connectivity index (χ3n) is 3.57. The molecule has 0 spiro atoms. The first-order chi connectivity index (χ1) is 9.99. The Labute approximate surface area is 131 Å². The molecule has 1 rings (SSSR count). The smallest absolute Gasteiger partial charge is 0.313 e. The molecule has 0 aliphatic heterocycles. The van der Waals surface area contributed by atoms with Gasteiger partial charge in [0.25, 0.3) is 0 Å². The van der Waals surface area contributed by atoms with Gasteiger partial charge in [0, 0.05) is 12.5 Å². The van der Waals surface area contributed by atoms with Gasteiger partial charge in [-0.1, -0.05) is 58.7 Å². The van der Waals surface area contributed by atoms with Crippen LogP contribution in [0, 0.1) is 5.92 Å². The number of carbonyl (C=O) groups is 1. The molecule has 1 atom stereocenters. The van der Waals surface area contributed by atoms with Gasteiger partial charge in [0.15, 0.2) is 5.16 Å². The summed E-state index contributed by atoms with van der Waals surface area (Å²) in [6.07, 6.45) is 4.76. The van der Waals surface area contributed by atoms with Crippen molar-refractivity contribution in [3.8, 4) is 0 Å². The maximum Gasteiger partial charge on any atom is 0.313 e. The minimum Gasteiger partial charge on any atom is -0.481 e. The lowest BCUT2D eigenvalue weighted by atomic mass is 9.99. The van der Waals surface area contributed by atoms with Gasteiger partial charge in [0.1, 0.15) is 5.82 Å². The van der Waals surface area contributed by atoms with Crippen LogP contribution in [0.5, 0.6) is 0 Å². The number of unbranched alkanes of at least 4 members (excludes halogenated alkanes) is 1. The lowest BCUT2D eigenvalue weighted by molar-refractivity contribution is -0.133. The molecule has 0 aromatic carbocycles. The molecule has 120 valence electrons. The number of hydrogen-bond acceptors (Lipinski definition) is 4. The van der Waals surface area contributed by atoms with E-state index in [1.807, 2.05) is 0 Å². The fraction of sp³-hybridized carbons (Fsp3) is 0.800. The van der Waals surface area contributed by atoms with Crippen LogP contribution >= 0.6 is 11.8 Å². The summed E-state index contributed by atoms with van der Waals surface area (Å²) >= 11 is 1.26. The Kier molecular flexibility index (Phi) is 7.78. The molecule has 1 N–H and O–H groups in total. The van der Waals surface area contributed by atoms with Crippen LogP contribution in [-0.4, -0.2) is 31.6 Å². The molecule has 0 saturated carbocycles. The van der Waals surface area contributed by atoms with Gasteiger partial charge in [-0.2, -0.15) is 0 Å². The Morgan fingerprint density at radius 2 is 2.05 bits per heavy atom. The quantitative estimate of drug-likeness (QED) is 0.665. The topological polar surface area (TPSA) is 68.0 Å². The second-order valence-corrected chi connectivity index (χ2v) is 6.65. The van der Waals surface area contributed by atoms with Crippen molar-refractivity contribution in [1.82, 2.24) is 14.8 Å². The minimum atomic E-state index is -0.821. The van der Waals surface area contributed by atoms with E-state index in [1.54, 1.807) is 0 Å². The number of nitrogens with zero attached hydrogens (tertiary/aromatic N) is 3. The van der Waals surface area contributed by atoms with E-state index in [1.165, 1.54) is 31.0 Å². The standard InChI is InChI=1S/C15H27N3O2S/c1-5-7-8-12(6-2)9-18-14(11(3)4)16-17-15(18)21-10-13(19)20/h11-12H,5-10H2,1-4H3,(H,19,20). The van der Waals surface area contributed by atoms with E-state index in [2.05, 4.69) is 42.5 Å². The van der Waals surface area contributed by atoms with Crippen LogP contribution < -0.4 is 0 Å². The number of aliphatic carboxylic acids is 1. The highest BCUT2D eigenvalue weighted by Crippen LogP contribution is 2.25. The van der Waals surface area contributed by atoms with E-state index in [4.69, 9.17) is 5.11 Å². The summed E-state index contributed by atoms with van der Waals surface area (Å²) in [4.78, 5) is 10.8. The highest BCUT2D eigenvalue weighted by Gasteiger charge is 2.19. The zero-order valence-electron chi connectivity index (χ0n) is 13.5. The Morgan fingerprint density at radius 1 is 1.33 bits per heavy atom. The maximum absolute atomic E-state index is 10.8. The van der Waals surface area contributed by atoms with Crippen molar-refractivity contribution in [1.29, 1.82) is 0 Å². The van der Waals surface area contributed by atoms with E-state index in [9.17, 15) is 4.79 Å². The summed E-state index contributed by atoms with van der Waals surface area (Å²) in [5, 5.41) is 18.0. The zero-order valence-corrected chi connectivity index (χ0v) is 14.3. The van der Waals surface area contributed by atoms with E-state index in [-0.39, 0.29) is 5.75 Å². The summed E-state index contributed by atoms with van der Waals surface area (Å²) in [6, 6.07) is 0. The average Bonchev–Trinajstić information content (AvgIpc) is 2.83. The number of thioether (sulfide) groups is 1. The third-order valence-corrected chi connectivity index (χ3v) is 4.52. The number of carboxylic acids is 1. The van der Waals surface area contributed by atoms with Crippen molar-refractivity contribution in [3.05, 3.63) is 5.82 Å². The molecule has 0 radical (unpaired) electrons. The fourth-order valence-corrected chi connectivity index (χ4v) is 2.98. The Morgan fingerprint density at radius 3 is 2.57 bits per heavy atom. The maximum atomic E-state index is 10.8. The molecular weight excluding hydrogens is 286 g/mol. The number of aromatic nitrogens is 3. The van der Waals surface area contributed by atoms with Crippen LogP contribution in [0.3, 0.4) is 0 Å². The van der Waals surface area contributed by atoms with E-state index in [0.29, 0.717) is 11.8 Å². The Bertz CT molecular complexity index is 446. The molecule has 21 heavy (non-hydrogen) atoms. The van der Waals surface area contributed by atoms with Crippen molar-refractivity contribution in [2.24, 2.45) is 5.92 Å². The first-order valence-electron chi connectivity index (χ1n) is 7.77. The monoisotopic (exact) mass is 313 g/mol. The van der Waals surface area contributed by atoms with Crippen LogP contribution in [0.25, 0.3) is 0 Å². The molecule has 1 unspecified atom stereocenters. The lowest BCUT2D eigenvalue weighted by Gasteiger charge is -2.19.